The monoisotopic (exact) mass is 270 g/mol. The lowest BCUT2D eigenvalue weighted by Crippen LogP contribution is -2.05. The van der Waals surface area contributed by atoms with Gasteiger partial charge in [0, 0.05) is 12.4 Å². The quantitative estimate of drug-likeness (QED) is 0.699. The molecule has 102 valence electrons. The summed E-state index contributed by atoms with van der Waals surface area (Å²) >= 11 is 0. The van der Waals surface area contributed by atoms with E-state index < -0.39 is 0 Å². The van der Waals surface area contributed by atoms with Gasteiger partial charge in [-0.3, -0.25) is 0 Å². The Kier molecular flexibility index (Phi) is 2.71. The van der Waals surface area contributed by atoms with Crippen LogP contribution in [0.3, 0.4) is 0 Å². The van der Waals surface area contributed by atoms with E-state index in [0.29, 0.717) is 11.4 Å². The smallest absolute Gasteiger partial charge is 0.143 e. The number of nitrogens with zero attached hydrogens (tertiary/aromatic N) is 4. The van der Waals surface area contributed by atoms with Crippen LogP contribution in [0, 0.1) is 13.8 Å². The van der Waals surface area contributed by atoms with E-state index >= 15 is 0 Å². The molecule has 0 fully saturated rings. The summed E-state index contributed by atoms with van der Waals surface area (Å²) in [6.45, 7) is 3.71. The van der Waals surface area contributed by atoms with E-state index in [-0.39, 0.29) is 11.5 Å². The van der Waals surface area contributed by atoms with Gasteiger partial charge in [-0.05, 0) is 38.1 Å². The first kappa shape index (κ1) is 12.3. The molecule has 6 nitrogen and oxygen atoms in total. The topological polar surface area (TPSA) is 76.1 Å². The largest absolute Gasteiger partial charge is 0.506 e. The Hall–Kier alpha value is -2.76. The summed E-state index contributed by atoms with van der Waals surface area (Å²) in [5.74, 6) is 0.0445. The normalized spacial score (nSPS) is 10.9. The van der Waals surface area contributed by atoms with Crippen LogP contribution >= 0.6 is 0 Å². The van der Waals surface area contributed by atoms with Crippen LogP contribution in [-0.2, 0) is 0 Å². The zero-order valence-corrected chi connectivity index (χ0v) is 11.1. The van der Waals surface area contributed by atoms with E-state index in [1.54, 1.807) is 12.4 Å². The fourth-order valence-electron chi connectivity index (χ4n) is 2.09. The van der Waals surface area contributed by atoms with Gasteiger partial charge in [0.05, 0.1) is 11.4 Å². The van der Waals surface area contributed by atoms with Crippen LogP contribution in [0.2, 0.25) is 0 Å². The van der Waals surface area contributed by atoms with Crippen LogP contribution in [0.25, 0.3) is 11.4 Å². The molecule has 3 rings (SSSR count). The van der Waals surface area contributed by atoms with Gasteiger partial charge in [0.1, 0.15) is 22.9 Å². The zero-order chi connectivity index (χ0) is 14.3. The van der Waals surface area contributed by atoms with Crippen molar-refractivity contribution in [3.05, 3.63) is 48.0 Å². The summed E-state index contributed by atoms with van der Waals surface area (Å²) in [6.07, 6.45) is 3.45. The lowest BCUT2D eigenvalue weighted by Gasteiger charge is -2.13. The molecule has 2 N–H and O–H groups in total. The Morgan fingerprint density at radius 3 is 1.45 bits per heavy atom. The van der Waals surface area contributed by atoms with Gasteiger partial charge in [-0.1, -0.05) is 0 Å². The first-order valence-corrected chi connectivity index (χ1v) is 6.16. The van der Waals surface area contributed by atoms with Crippen LogP contribution in [0.4, 0.5) is 0 Å². The fraction of sp³-hybridized carbons (Fsp3) is 0.143. The summed E-state index contributed by atoms with van der Waals surface area (Å²) in [6, 6.07) is 6.51. The molecule has 0 amide bonds. The highest BCUT2D eigenvalue weighted by Gasteiger charge is 2.18. The number of benzene rings is 1. The summed E-state index contributed by atoms with van der Waals surface area (Å²) in [7, 11) is 0. The first-order chi connectivity index (χ1) is 9.56. The second-order valence-electron chi connectivity index (χ2n) is 4.60. The average Bonchev–Trinajstić information content (AvgIpc) is 3.00. The predicted octanol–water partition coefficient (Wildman–Crippen LogP) is 2.09. The third kappa shape index (κ3) is 1.91. The van der Waals surface area contributed by atoms with Gasteiger partial charge in [-0.25, -0.2) is 9.36 Å². The summed E-state index contributed by atoms with van der Waals surface area (Å²) in [5, 5.41) is 28.8. The standard InChI is InChI=1S/C14H14N4O2/c1-9-5-7-17(15-9)13-11(19)3-4-12(20)14(13)18-8-6-10(2)16-18/h3-8,19-20H,1-2H3. The Labute approximate surface area is 115 Å². The number of aryl methyl sites for hydroxylation is 2. The molecule has 2 heterocycles. The van der Waals surface area contributed by atoms with Gasteiger partial charge in [-0.15, -0.1) is 0 Å². The van der Waals surface area contributed by atoms with Crippen LogP contribution in [-0.4, -0.2) is 29.8 Å². The maximum absolute atomic E-state index is 10.1. The van der Waals surface area contributed by atoms with Gasteiger partial charge in [0.25, 0.3) is 0 Å². The SMILES string of the molecule is Cc1ccn(-c2c(O)ccc(O)c2-n2ccc(C)n2)n1. The highest BCUT2D eigenvalue weighted by Crippen LogP contribution is 2.34. The number of hydrogen-bond acceptors (Lipinski definition) is 4. The third-order valence-electron chi connectivity index (χ3n) is 3.01. The van der Waals surface area contributed by atoms with Gasteiger partial charge in [-0.2, -0.15) is 10.2 Å². The molecule has 0 aliphatic heterocycles. The molecule has 0 bridgehead atoms. The zero-order valence-electron chi connectivity index (χ0n) is 11.1. The lowest BCUT2D eigenvalue weighted by atomic mass is 10.2. The molecule has 6 heteroatoms. The molecular formula is C14H14N4O2. The van der Waals surface area contributed by atoms with Crippen molar-refractivity contribution in [2.75, 3.05) is 0 Å². The average molecular weight is 270 g/mol. The van der Waals surface area contributed by atoms with Gasteiger partial charge in [0.15, 0.2) is 0 Å². The predicted molar refractivity (Wildman–Crippen MR) is 73.5 cm³/mol. The highest BCUT2D eigenvalue weighted by atomic mass is 16.3. The minimum atomic E-state index is 0.0223. The van der Waals surface area contributed by atoms with E-state index in [1.807, 2.05) is 26.0 Å². The maximum Gasteiger partial charge on any atom is 0.143 e. The number of hydrogen-bond donors (Lipinski definition) is 2. The minimum Gasteiger partial charge on any atom is -0.506 e. The molecule has 0 saturated carbocycles. The Balaban J connectivity index is 2.30. The molecule has 0 radical (unpaired) electrons. The first-order valence-electron chi connectivity index (χ1n) is 6.16. The molecule has 2 aromatic heterocycles. The summed E-state index contributed by atoms with van der Waals surface area (Å²) < 4.78 is 3.05. The van der Waals surface area contributed by atoms with Crippen LogP contribution in [0.15, 0.2) is 36.7 Å². The van der Waals surface area contributed by atoms with Crippen LogP contribution < -0.4 is 0 Å². The molecule has 0 spiro atoms. The van der Waals surface area contributed by atoms with Crippen molar-refractivity contribution in [2.45, 2.75) is 13.8 Å². The molecule has 3 aromatic rings. The van der Waals surface area contributed by atoms with Crippen molar-refractivity contribution >= 4 is 0 Å². The molecule has 0 saturated heterocycles. The number of aromatic hydroxyl groups is 2. The summed E-state index contributed by atoms with van der Waals surface area (Å²) in [5.41, 5.74) is 2.41. The van der Waals surface area contributed by atoms with Gasteiger partial charge < -0.3 is 10.2 Å². The fourth-order valence-corrected chi connectivity index (χ4v) is 2.09. The Morgan fingerprint density at radius 1 is 0.750 bits per heavy atom. The number of phenols is 2. The molecular weight excluding hydrogens is 256 g/mol. The van der Waals surface area contributed by atoms with Crippen molar-refractivity contribution in [1.82, 2.24) is 19.6 Å². The number of phenolic OH excluding ortho intramolecular Hbond substituents is 2. The molecule has 0 aliphatic rings. The molecule has 0 unspecified atom stereocenters. The summed E-state index contributed by atoms with van der Waals surface area (Å²) in [4.78, 5) is 0. The third-order valence-corrected chi connectivity index (χ3v) is 3.01. The highest BCUT2D eigenvalue weighted by molar-refractivity contribution is 5.66. The lowest BCUT2D eigenvalue weighted by molar-refractivity contribution is 0.452. The van der Waals surface area contributed by atoms with Gasteiger partial charge in [0.2, 0.25) is 0 Å². The van der Waals surface area contributed by atoms with Crippen molar-refractivity contribution in [3.63, 3.8) is 0 Å². The van der Waals surface area contributed by atoms with Gasteiger partial charge >= 0.3 is 0 Å². The molecule has 0 aliphatic carbocycles. The minimum absolute atomic E-state index is 0.0223. The van der Waals surface area contributed by atoms with E-state index in [9.17, 15) is 10.2 Å². The second kappa shape index (κ2) is 4.41. The Morgan fingerprint density at radius 2 is 1.15 bits per heavy atom. The van der Waals surface area contributed by atoms with Crippen molar-refractivity contribution < 1.29 is 10.2 Å². The van der Waals surface area contributed by atoms with E-state index in [2.05, 4.69) is 10.2 Å². The van der Waals surface area contributed by atoms with E-state index in [1.165, 1.54) is 21.5 Å². The van der Waals surface area contributed by atoms with Crippen LogP contribution in [0.5, 0.6) is 11.5 Å². The van der Waals surface area contributed by atoms with Crippen molar-refractivity contribution in [3.8, 4) is 22.9 Å². The number of rotatable bonds is 2. The number of aromatic nitrogens is 4. The molecule has 0 atom stereocenters. The Bertz CT molecular complexity index is 708. The molecule has 20 heavy (non-hydrogen) atoms. The molecule has 1 aromatic carbocycles. The maximum atomic E-state index is 10.1. The van der Waals surface area contributed by atoms with Crippen molar-refractivity contribution in [2.24, 2.45) is 0 Å². The second-order valence-corrected chi connectivity index (χ2v) is 4.60. The van der Waals surface area contributed by atoms with Crippen molar-refractivity contribution in [1.29, 1.82) is 0 Å². The van der Waals surface area contributed by atoms with Crippen LogP contribution in [0.1, 0.15) is 11.4 Å². The van der Waals surface area contributed by atoms with E-state index in [4.69, 9.17) is 0 Å². The van der Waals surface area contributed by atoms with E-state index in [0.717, 1.165) is 11.4 Å².